The van der Waals surface area contributed by atoms with Crippen LogP contribution in [0.2, 0.25) is 0 Å². The Bertz CT molecular complexity index is 794. The molecule has 0 amide bonds. The summed E-state index contributed by atoms with van der Waals surface area (Å²) >= 11 is 11.0. The quantitative estimate of drug-likeness (QED) is 0.375. The van der Waals surface area contributed by atoms with E-state index in [1.54, 1.807) is 19.9 Å². The second-order valence-electron chi connectivity index (χ2n) is 5.04. The van der Waals surface area contributed by atoms with E-state index in [4.69, 9.17) is 21.1 Å². The minimum atomic E-state index is -0.369. The number of thiophene rings is 1. The van der Waals surface area contributed by atoms with Gasteiger partial charge in [0.15, 0.2) is 0 Å². The normalized spacial score (nSPS) is 11.3. The monoisotopic (exact) mass is 440 g/mol. The van der Waals surface area contributed by atoms with Crippen molar-refractivity contribution in [3.8, 4) is 5.75 Å². The van der Waals surface area contributed by atoms with Crippen molar-refractivity contribution >= 4 is 55.4 Å². The highest BCUT2D eigenvalue weighted by molar-refractivity contribution is 9.10. The SMILES string of the molecule is C=C(Cl)c1c(COc2ccc(Br)cc2)csc1/C(=C\C)C(=O)OCC. The molecule has 25 heavy (non-hydrogen) atoms. The zero-order valence-electron chi connectivity index (χ0n) is 14.0. The van der Waals surface area contributed by atoms with Gasteiger partial charge in [-0.3, -0.25) is 0 Å². The molecule has 0 aliphatic heterocycles. The second-order valence-corrected chi connectivity index (χ2v) is 7.29. The Hall–Kier alpha value is -1.56. The van der Waals surface area contributed by atoms with Crippen LogP contribution in [0.4, 0.5) is 0 Å². The largest absolute Gasteiger partial charge is 0.489 e. The average Bonchev–Trinajstić information content (AvgIpc) is 2.99. The lowest BCUT2D eigenvalue weighted by molar-refractivity contribution is -0.136. The Morgan fingerprint density at radius 1 is 1.36 bits per heavy atom. The van der Waals surface area contributed by atoms with Gasteiger partial charge in [0.25, 0.3) is 0 Å². The maximum atomic E-state index is 12.2. The van der Waals surface area contributed by atoms with Gasteiger partial charge < -0.3 is 9.47 Å². The van der Waals surface area contributed by atoms with Gasteiger partial charge in [0.2, 0.25) is 0 Å². The predicted molar refractivity (Wildman–Crippen MR) is 108 cm³/mol. The zero-order valence-corrected chi connectivity index (χ0v) is 17.1. The number of esters is 1. The van der Waals surface area contributed by atoms with Crippen LogP contribution in [0.5, 0.6) is 5.75 Å². The lowest BCUT2D eigenvalue weighted by Crippen LogP contribution is -2.07. The molecule has 0 saturated carbocycles. The standard InChI is InChI=1S/C19H18BrClO3S/c1-4-16(19(22)23-5-2)18-17(12(3)21)13(11-25-18)10-24-15-8-6-14(20)7-9-15/h4,6-9,11H,3,5,10H2,1-2H3/b16-4+. The number of allylic oxidation sites excluding steroid dienone is 1. The molecule has 1 aromatic heterocycles. The smallest absolute Gasteiger partial charge is 0.339 e. The van der Waals surface area contributed by atoms with Crippen molar-refractivity contribution < 1.29 is 14.3 Å². The molecule has 0 aliphatic carbocycles. The van der Waals surface area contributed by atoms with Crippen molar-refractivity contribution in [1.29, 1.82) is 0 Å². The van der Waals surface area contributed by atoms with Crippen molar-refractivity contribution in [2.45, 2.75) is 20.5 Å². The molecule has 0 fully saturated rings. The molecule has 0 spiro atoms. The summed E-state index contributed by atoms with van der Waals surface area (Å²) in [4.78, 5) is 12.9. The van der Waals surface area contributed by atoms with E-state index in [0.717, 1.165) is 26.2 Å². The molecule has 0 radical (unpaired) electrons. The highest BCUT2D eigenvalue weighted by Gasteiger charge is 2.22. The molecule has 3 nitrogen and oxygen atoms in total. The number of hydrogen-bond acceptors (Lipinski definition) is 4. The van der Waals surface area contributed by atoms with Crippen LogP contribution in [0, 0.1) is 0 Å². The molecule has 0 unspecified atom stereocenters. The van der Waals surface area contributed by atoms with Gasteiger partial charge in [-0.2, -0.15) is 0 Å². The van der Waals surface area contributed by atoms with Crippen molar-refractivity contribution in [3.63, 3.8) is 0 Å². The van der Waals surface area contributed by atoms with E-state index in [2.05, 4.69) is 22.5 Å². The van der Waals surface area contributed by atoms with Crippen LogP contribution < -0.4 is 4.74 Å². The third kappa shape index (κ3) is 4.97. The Morgan fingerprint density at radius 2 is 2.04 bits per heavy atom. The molecule has 0 atom stereocenters. The summed E-state index contributed by atoms with van der Waals surface area (Å²) in [6.45, 7) is 8.06. The van der Waals surface area contributed by atoms with Crippen molar-refractivity contribution in [2.24, 2.45) is 0 Å². The van der Waals surface area contributed by atoms with Crippen LogP contribution in [0.1, 0.15) is 29.9 Å². The number of ether oxygens (including phenoxy) is 2. The van der Waals surface area contributed by atoms with Gasteiger partial charge in [-0.15, -0.1) is 11.3 Å². The number of carbonyl (C=O) groups excluding carboxylic acids is 1. The number of carbonyl (C=O) groups is 1. The van der Waals surface area contributed by atoms with Crippen LogP contribution in [0.15, 0.2) is 46.8 Å². The number of benzene rings is 1. The maximum absolute atomic E-state index is 12.2. The number of halogens is 2. The first-order valence-corrected chi connectivity index (χ1v) is 9.70. The second kappa shape index (κ2) is 9.22. The zero-order chi connectivity index (χ0) is 18.4. The summed E-state index contributed by atoms with van der Waals surface area (Å²) in [5.41, 5.74) is 2.09. The molecule has 0 bridgehead atoms. The Balaban J connectivity index is 2.28. The Kier molecular flexibility index (Phi) is 7.29. The Labute approximate surface area is 165 Å². The fourth-order valence-electron chi connectivity index (χ4n) is 2.24. The molecule has 1 heterocycles. The van der Waals surface area contributed by atoms with Gasteiger partial charge in [0.05, 0.1) is 17.1 Å². The molecule has 2 aromatic rings. The fraction of sp³-hybridized carbons (Fsp3) is 0.211. The van der Waals surface area contributed by atoms with Crippen LogP contribution in [0.3, 0.4) is 0 Å². The van der Waals surface area contributed by atoms with Crippen molar-refractivity contribution in [2.75, 3.05) is 6.61 Å². The molecular weight excluding hydrogens is 424 g/mol. The van der Waals surface area contributed by atoms with Gasteiger partial charge in [-0.05, 0) is 43.5 Å². The first-order valence-electron chi connectivity index (χ1n) is 7.65. The minimum absolute atomic E-state index is 0.318. The van der Waals surface area contributed by atoms with Crippen LogP contribution in [0.25, 0.3) is 10.6 Å². The van der Waals surface area contributed by atoms with E-state index in [1.807, 2.05) is 29.6 Å². The average molecular weight is 442 g/mol. The summed E-state index contributed by atoms with van der Waals surface area (Å²) in [7, 11) is 0. The molecule has 132 valence electrons. The van der Waals surface area contributed by atoms with E-state index >= 15 is 0 Å². The van der Waals surface area contributed by atoms with Gasteiger partial charge in [0.1, 0.15) is 12.4 Å². The summed E-state index contributed by atoms with van der Waals surface area (Å²) in [6.07, 6.45) is 1.73. The van der Waals surface area contributed by atoms with E-state index in [-0.39, 0.29) is 5.97 Å². The molecule has 1 aromatic carbocycles. The molecule has 2 rings (SSSR count). The molecule has 0 aliphatic rings. The minimum Gasteiger partial charge on any atom is -0.489 e. The van der Waals surface area contributed by atoms with E-state index in [1.165, 1.54) is 11.3 Å². The summed E-state index contributed by atoms with van der Waals surface area (Å²) in [6, 6.07) is 7.58. The topological polar surface area (TPSA) is 35.5 Å². The number of rotatable bonds is 7. The summed E-state index contributed by atoms with van der Waals surface area (Å²) in [5.74, 6) is 0.380. The van der Waals surface area contributed by atoms with Gasteiger partial charge in [-0.25, -0.2) is 4.79 Å². The first-order chi connectivity index (χ1) is 12.0. The van der Waals surface area contributed by atoms with E-state index < -0.39 is 0 Å². The molecule has 6 heteroatoms. The predicted octanol–water partition coefficient (Wildman–Crippen LogP) is 6.27. The van der Waals surface area contributed by atoms with Crippen molar-refractivity contribution in [3.05, 3.63) is 62.8 Å². The van der Waals surface area contributed by atoms with E-state index in [9.17, 15) is 4.79 Å². The molecule has 0 saturated heterocycles. The maximum Gasteiger partial charge on any atom is 0.339 e. The van der Waals surface area contributed by atoms with E-state index in [0.29, 0.717) is 23.8 Å². The van der Waals surface area contributed by atoms with Crippen LogP contribution >= 0.6 is 38.9 Å². The lowest BCUT2D eigenvalue weighted by Gasteiger charge is -2.10. The third-order valence-electron chi connectivity index (χ3n) is 3.38. The van der Waals surface area contributed by atoms with Crippen molar-refractivity contribution in [1.82, 2.24) is 0 Å². The Morgan fingerprint density at radius 3 is 2.60 bits per heavy atom. The van der Waals surface area contributed by atoms with Gasteiger partial charge in [0, 0.05) is 20.6 Å². The highest BCUT2D eigenvalue weighted by atomic mass is 79.9. The summed E-state index contributed by atoms with van der Waals surface area (Å²) in [5, 5.41) is 2.30. The fourth-order valence-corrected chi connectivity index (χ4v) is 3.92. The summed E-state index contributed by atoms with van der Waals surface area (Å²) < 4.78 is 11.9. The molecular formula is C19H18BrClO3S. The van der Waals surface area contributed by atoms with Crippen LogP contribution in [-0.4, -0.2) is 12.6 Å². The van der Waals surface area contributed by atoms with Crippen LogP contribution in [-0.2, 0) is 16.1 Å². The third-order valence-corrected chi connectivity index (χ3v) is 5.15. The lowest BCUT2D eigenvalue weighted by atomic mass is 10.1. The first kappa shape index (κ1) is 19.8. The highest BCUT2D eigenvalue weighted by Crippen LogP contribution is 2.36. The molecule has 0 N–H and O–H groups in total. The van der Waals surface area contributed by atoms with Gasteiger partial charge in [-0.1, -0.05) is 40.2 Å². The van der Waals surface area contributed by atoms with Gasteiger partial charge >= 0.3 is 5.97 Å². The number of hydrogen-bond donors (Lipinski definition) is 0.